The Balaban J connectivity index is 1.74. The van der Waals surface area contributed by atoms with Crippen molar-refractivity contribution in [2.45, 2.75) is 19.8 Å². The molecule has 2 rings (SSSR count). The molecule has 2 aromatic carbocycles. The fourth-order valence-corrected chi connectivity index (χ4v) is 2.13. The third-order valence-corrected chi connectivity index (χ3v) is 3.30. The Morgan fingerprint density at radius 2 is 1.77 bits per heavy atom. The first kappa shape index (κ1) is 15.8. The van der Waals surface area contributed by atoms with Crippen molar-refractivity contribution in [1.29, 1.82) is 0 Å². The molecule has 0 atom stereocenters. The molecule has 0 aliphatic heterocycles. The van der Waals surface area contributed by atoms with Gasteiger partial charge in [-0.3, -0.25) is 4.79 Å². The van der Waals surface area contributed by atoms with Crippen molar-refractivity contribution in [1.82, 2.24) is 5.32 Å². The number of carbonyl (C=O) groups is 2. The van der Waals surface area contributed by atoms with Crippen molar-refractivity contribution in [3.63, 3.8) is 0 Å². The Kier molecular flexibility index (Phi) is 5.72. The van der Waals surface area contributed by atoms with Crippen LogP contribution in [0.2, 0.25) is 0 Å². The summed E-state index contributed by atoms with van der Waals surface area (Å²) in [6.07, 6.45) is 1.81. The van der Waals surface area contributed by atoms with E-state index in [-0.39, 0.29) is 11.8 Å². The Hall–Kier alpha value is -2.62. The van der Waals surface area contributed by atoms with Crippen molar-refractivity contribution in [3.05, 3.63) is 65.7 Å². The summed E-state index contributed by atoms with van der Waals surface area (Å²) < 4.78 is 0. The Labute approximate surface area is 130 Å². The number of rotatable bonds is 6. The van der Waals surface area contributed by atoms with Gasteiger partial charge in [0.15, 0.2) is 5.78 Å². The summed E-state index contributed by atoms with van der Waals surface area (Å²) >= 11 is 0. The van der Waals surface area contributed by atoms with Gasteiger partial charge in [-0.05, 0) is 37.5 Å². The molecule has 4 nitrogen and oxygen atoms in total. The molecular weight excluding hydrogens is 276 g/mol. The maximum absolute atomic E-state index is 11.8. The quantitative estimate of drug-likeness (QED) is 0.631. The molecule has 2 aromatic rings. The second kappa shape index (κ2) is 7.98. The van der Waals surface area contributed by atoms with E-state index in [0.29, 0.717) is 17.8 Å². The largest absolute Gasteiger partial charge is 0.338 e. The highest BCUT2D eigenvalue weighted by Gasteiger charge is 2.04. The molecule has 0 fully saturated rings. The number of carbonyl (C=O) groups excluding carboxylic acids is 2. The van der Waals surface area contributed by atoms with Crippen LogP contribution in [-0.4, -0.2) is 18.4 Å². The SMILES string of the molecule is CC(=O)c1cccc(NC(=O)NCCCc2ccccc2)c1. The number of aryl methyl sites for hydroxylation is 1. The number of ketones is 1. The number of urea groups is 1. The van der Waals surface area contributed by atoms with Crippen LogP contribution in [0.3, 0.4) is 0 Å². The van der Waals surface area contributed by atoms with Gasteiger partial charge in [-0.1, -0.05) is 42.5 Å². The first-order valence-corrected chi connectivity index (χ1v) is 7.35. The maximum atomic E-state index is 11.8. The standard InChI is InChI=1S/C18H20N2O2/c1-14(21)16-10-5-11-17(13-16)20-18(22)19-12-6-9-15-7-3-2-4-8-15/h2-5,7-8,10-11,13H,6,9,12H2,1H3,(H2,19,20,22). The maximum Gasteiger partial charge on any atom is 0.319 e. The number of Topliss-reactive ketones (excluding diaryl/α,β-unsaturated/α-hetero) is 1. The average Bonchev–Trinajstić information content (AvgIpc) is 2.53. The van der Waals surface area contributed by atoms with Crippen molar-refractivity contribution in [2.75, 3.05) is 11.9 Å². The summed E-state index contributed by atoms with van der Waals surface area (Å²) in [6, 6.07) is 16.8. The summed E-state index contributed by atoms with van der Waals surface area (Å²) in [5.74, 6) is -0.0214. The summed E-state index contributed by atoms with van der Waals surface area (Å²) in [6.45, 7) is 2.11. The van der Waals surface area contributed by atoms with E-state index in [0.717, 1.165) is 12.8 Å². The molecule has 2 amide bonds. The predicted octanol–water partition coefficient (Wildman–Crippen LogP) is 3.64. The molecule has 4 heteroatoms. The van der Waals surface area contributed by atoms with Crippen molar-refractivity contribution >= 4 is 17.5 Å². The van der Waals surface area contributed by atoms with Gasteiger partial charge in [-0.15, -0.1) is 0 Å². The van der Waals surface area contributed by atoms with E-state index >= 15 is 0 Å². The molecule has 22 heavy (non-hydrogen) atoms. The van der Waals surface area contributed by atoms with E-state index in [1.165, 1.54) is 12.5 Å². The minimum Gasteiger partial charge on any atom is -0.338 e. The molecule has 0 bridgehead atoms. The Morgan fingerprint density at radius 1 is 1.00 bits per heavy atom. The second-order valence-electron chi connectivity index (χ2n) is 5.11. The highest BCUT2D eigenvalue weighted by molar-refractivity contribution is 5.96. The summed E-state index contributed by atoms with van der Waals surface area (Å²) in [5, 5.41) is 5.55. The van der Waals surface area contributed by atoms with Gasteiger partial charge < -0.3 is 10.6 Å². The predicted molar refractivity (Wildman–Crippen MR) is 88.2 cm³/mol. The fraction of sp³-hybridized carbons (Fsp3) is 0.222. The van der Waals surface area contributed by atoms with Gasteiger partial charge in [0.25, 0.3) is 0 Å². The molecule has 0 saturated carbocycles. The van der Waals surface area contributed by atoms with Crippen molar-refractivity contribution < 1.29 is 9.59 Å². The number of nitrogens with one attached hydrogen (secondary N) is 2. The summed E-state index contributed by atoms with van der Waals surface area (Å²) in [7, 11) is 0. The van der Waals surface area contributed by atoms with E-state index in [2.05, 4.69) is 22.8 Å². The fourth-order valence-electron chi connectivity index (χ4n) is 2.13. The third kappa shape index (κ3) is 5.05. The zero-order valence-electron chi connectivity index (χ0n) is 12.6. The lowest BCUT2D eigenvalue weighted by molar-refractivity contribution is 0.101. The number of hydrogen-bond acceptors (Lipinski definition) is 2. The smallest absolute Gasteiger partial charge is 0.319 e. The van der Waals surface area contributed by atoms with Crippen LogP contribution >= 0.6 is 0 Å². The molecule has 0 aromatic heterocycles. The Bertz CT molecular complexity index is 639. The van der Waals surface area contributed by atoms with Crippen LogP contribution in [0.1, 0.15) is 29.3 Å². The van der Waals surface area contributed by atoms with Crippen LogP contribution in [0, 0.1) is 0 Å². The highest BCUT2D eigenvalue weighted by atomic mass is 16.2. The van der Waals surface area contributed by atoms with Crippen LogP contribution in [0.4, 0.5) is 10.5 Å². The molecule has 0 aliphatic rings. The first-order chi connectivity index (χ1) is 10.6. The molecule has 0 aliphatic carbocycles. The summed E-state index contributed by atoms with van der Waals surface area (Å²) in [4.78, 5) is 23.1. The lowest BCUT2D eigenvalue weighted by atomic mass is 10.1. The minimum absolute atomic E-state index is 0.0214. The van der Waals surface area contributed by atoms with Gasteiger partial charge in [-0.25, -0.2) is 4.79 Å². The van der Waals surface area contributed by atoms with E-state index in [9.17, 15) is 9.59 Å². The zero-order valence-corrected chi connectivity index (χ0v) is 12.6. The minimum atomic E-state index is -0.256. The lowest BCUT2D eigenvalue weighted by Crippen LogP contribution is -2.29. The lowest BCUT2D eigenvalue weighted by Gasteiger charge is -2.08. The van der Waals surface area contributed by atoms with Crippen molar-refractivity contribution in [2.24, 2.45) is 0 Å². The molecule has 0 radical (unpaired) electrons. The average molecular weight is 296 g/mol. The molecule has 0 heterocycles. The van der Waals surface area contributed by atoms with Gasteiger partial charge in [-0.2, -0.15) is 0 Å². The van der Waals surface area contributed by atoms with E-state index in [1.807, 2.05) is 18.2 Å². The Morgan fingerprint density at radius 3 is 2.50 bits per heavy atom. The monoisotopic (exact) mass is 296 g/mol. The first-order valence-electron chi connectivity index (χ1n) is 7.35. The van der Waals surface area contributed by atoms with Gasteiger partial charge in [0.05, 0.1) is 0 Å². The number of hydrogen-bond donors (Lipinski definition) is 2. The number of benzene rings is 2. The van der Waals surface area contributed by atoms with Gasteiger partial charge in [0.1, 0.15) is 0 Å². The van der Waals surface area contributed by atoms with Gasteiger partial charge in [0, 0.05) is 17.8 Å². The summed E-state index contributed by atoms with van der Waals surface area (Å²) in [5.41, 5.74) is 2.47. The number of amides is 2. The van der Waals surface area contributed by atoms with Crippen LogP contribution in [0.25, 0.3) is 0 Å². The van der Waals surface area contributed by atoms with Gasteiger partial charge in [0.2, 0.25) is 0 Å². The van der Waals surface area contributed by atoms with E-state index in [4.69, 9.17) is 0 Å². The zero-order chi connectivity index (χ0) is 15.8. The number of anilines is 1. The molecular formula is C18H20N2O2. The molecule has 0 unspecified atom stereocenters. The van der Waals surface area contributed by atoms with Crippen molar-refractivity contribution in [3.8, 4) is 0 Å². The normalized spacial score (nSPS) is 10.0. The van der Waals surface area contributed by atoms with Crippen LogP contribution in [0.15, 0.2) is 54.6 Å². The molecule has 114 valence electrons. The molecule has 2 N–H and O–H groups in total. The highest BCUT2D eigenvalue weighted by Crippen LogP contribution is 2.11. The topological polar surface area (TPSA) is 58.2 Å². The van der Waals surface area contributed by atoms with Crippen LogP contribution in [-0.2, 0) is 6.42 Å². The van der Waals surface area contributed by atoms with Gasteiger partial charge >= 0.3 is 6.03 Å². The van der Waals surface area contributed by atoms with Crippen LogP contribution < -0.4 is 10.6 Å². The molecule has 0 saturated heterocycles. The third-order valence-electron chi connectivity index (χ3n) is 3.30. The van der Waals surface area contributed by atoms with E-state index < -0.39 is 0 Å². The second-order valence-corrected chi connectivity index (χ2v) is 5.11. The molecule has 0 spiro atoms. The van der Waals surface area contributed by atoms with Crippen LogP contribution in [0.5, 0.6) is 0 Å². The van der Waals surface area contributed by atoms with E-state index in [1.54, 1.807) is 24.3 Å².